The molecule has 10 nitrogen and oxygen atoms in total. The van der Waals surface area contributed by atoms with Gasteiger partial charge in [-0.25, -0.2) is 29.2 Å². The highest BCUT2D eigenvalue weighted by molar-refractivity contribution is 5.97. The van der Waals surface area contributed by atoms with Crippen molar-refractivity contribution in [3.8, 4) is 0 Å². The number of nitrogens with zero attached hydrogens (tertiary/aromatic N) is 4. The fraction of sp³-hybridized carbons (Fsp3) is 0.267. The first-order valence-corrected chi connectivity index (χ1v) is 7.55. The van der Waals surface area contributed by atoms with E-state index in [9.17, 15) is 14.4 Å². The molecule has 130 valence electrons. The molecular formula is C15H15N5O5. The lowest BCUT2D eigenvalue weighted by Gasteiger charge is -2.09. The highest BCUT2D eigenvalue weighted by Crippen LogP contribution is 2.15. The summed E-state index contributed by atoms with van der Waals surface area (Å²) in [4.78, 5) is 40.0. The van der Waals surface area contributed by atoms with Crippen LogP contribution >= 0.6 is 0 Å². The Morgan fingerprint density at radius 2 is 1.96 bits per heavy atom. The fourth-order valence-corrected chi connectivity index (χ4v) is 2.32. The molecule has 1 N–H and O–H groups in total. The standard InChI is InChI=1S/C15H15N5O5/c1-3-24-14(22)10-8-17-20-11-5-6-19(18-15(23)25-4-2)13(21)9(11)7-16-12(10)20/h5-8H,3-4H2,1-2H3,(H,18,23). The average molecular weight is 345 g/mol. The normalized spacial score (nSPS) is 10.8. The molecule has 25 heavy (non-hydrogen) atoms. The van der Waals surface area contributed by atoms with Crippen LogP contribution < -0.4 is 11.0 Å². The molecule has 0 aliphatic heterocycles. The Morgan fingerprint density at radius 1 is 1.20 bits per heavy atom. The predicted molar refractivity (Wildman–Crippen MR) is 87.1 cm³/mol. The molecular weight excluding hydrogens is 330 g/mol. The van der Waals surface area contributed by atoms with Gasteiger partial charge in [-0.15, -0.1) is 0 Å². The largest absolute Gasteiger partial charge is 0.462 e. The van der Waals surface area contributed by atoms with Gasteiger partial charge in [-0.2, -0.15) is 5.10 Å². The number of amides is 1. The van der Waals surface area contributed by atoms with Gasteiger partial charge in [0.1, 0.15) is 5.56 Å². The van der Waals surface area contributed by atoms with E-state index in [2.05, 4.69) is 15.5 Å². The number of aromatic nitrogens is 4. The lowest BCUT2D eigenvalue weighted by atomic mass is 10.3. The first kappa shape index (κ1) is 16.4. The van der Waals surface area contributed by atoms with Gasteiger partial charge >= 0.3 is 12.1 Å². The van der Waals surface area contributed by atoms with E-state index in [0.717, 1.165) is 4.68 Å². The maximum atomic E-state index is 12.5. The maximum Gasteiger partial charge on any atom is 0.426 e. The van der Waals surface area contributed by atoms with Crippen LogP contribution in [0.25, 0.3) is 16.6 Å². The minimum atomic E-state index is -0.748. The van der Waals surface area contributed by atoms with Crippen molar-refractivity contribution in [2.24, 2.45) is 0 Å². The zero-order chi connectivity index (χ0) is 18.0. The van der Waals surface area contributed by atoms with Crippen molar-refractivity contribution in [2.45, 2.75) is 13.8 Å². The van der Waals surface area contributed by atoms with Crippen LogP contribution in [-0.2, 0) is 9.47 Å². The zero-order valence-electron chi connectivity index (χ0n) is 13.6. The van der Waals surface area contributed by atoms with Gasteiger partial charge in [-0.1, -0.05) is 0 Å². The molecule has 3 heterocycles. The summed E-state index contributed by atoms with van der Waals surface area (Å²) in [6, 6.07) is 1.57. The minimum absolute atomic E-state index is 0.181. The second kappa shape index (κ2) is 6.59. The van der Waals surface area contributed by atoms with E-state index in [1.165, 1.54) is 23.1 Å². The molecule has 0 unspecified atom stereocenters. The zero-order valence-corrected chi connectivity index (χ0v) is 13.6. The molecule has 0 spiro atoms. The summed E-state index contributed by atoms with van der Waals surface area (Å²) in [5.74, 6) is -0.540. The minimum Gasteiger partial charge on any atom is -0.462 e. The Hall–Kier alpha value is -3.43. The Balaban J connectivity index is 2.09. The molecule has 3 aromatic rings. The maximum absolute atomic E-state index is 12.5. The van der Waals surface area contributed by atoms with Crippen molar-refractivity contribution >= 4 is 28.6 Å². The molecule has 10 heteroatoms. The number of esters is 1. The van der Waals surface area contributed by atoms with Gasteiger partial charge in [0.25, 0.3) is 5.56 Å². The van der Waals surface area contributed by atoms with E-state index >= 15 is 0 Å². The van der Waals surface area contributed by atoms with Crippen molar-refractivity contribution in [1.82, 2.24) is 19.3 Å². The SMILES string of the molecule is CCOC(=O)Nn1ccc2c(cnc3c(C(=O)OCC)cnn32)c1=O. The Bertz CT molecular complexity index is 1020. The van der Waals surface area contributed by atoms with Crippen molar-refractivity contribution in [3.63, 3.8) is 0 Å². The van der Waals surface area contributed by atoms with E-state index < -0.39 is 17.6 Å². The highest BCUT2D eigenvalue weighted by atomic mass is 16.6. The summed E-state index contributed by atoms with van der Waals surface area (Å²) in [6.07, 6.45) is 3.28. The highest BCUT2D eigenvalue weighted by Gasteiger charge is 2.17. The van der Waals surface area contributed by atoms with E-state index in [0.29, 0.717) is 5.52 Å². The van der Waals surface area contributed by atoms with E-state index in [4.69, 9.17) is 9.47 Å². The molecule has 0 aliphatic carbocycles. The number of fused-ring (bicyclic) bond motifs is 3. The predicted octanol–water partition coefficient (Wildman–Crippen LogP) is 0.921. The molecule has 3 rings (SSSR count). The molecule has 0 radical (unpaired) electrons. The molecule has 3 aromatic heterocycles. The van der Waals surface area contributed by atoms with Crippen LogP contribution in [0.1, 0.15) is 24.2 Å². The van der Waals surface area contributed by atoms with Crippen LogP contribution in [0.3, 0.4) is 0 Å². The number of pyridine rings is 1. The summed E-state index contributed by atoms with van der Waals surface area (Å²) in [5.41, 5.74) is 2.72. The number of hydrogen-bond donors (Lipinski definition) is 1. The third-order valence-corrected chi connectivity index (χ3v) is 3.38. The van der Waals surface area contributed by atoms with Crippen LogP contribution in [0.15, 0.2) is 29.5 Å². The topological polar surface area (TPSA) is 117 Å². The van der Waals surface area contributed by atoms with Gasteiger partial charge in [0.2, 0.25) is 0 Å². The van der Waals surface area contributed by atoms with Gasteiger partial charge < -0.3 is 9.47 Å². The second-order valence-corrected chi connectivity index (χ2v) is 4.89. The first-order chi connectivity index (χ1) is 12.1. The van der Waals surface area contributed by atoms with Crippen molar-refractivity contribution in [1.29, 1.82) is 0 Å². The molecule has 0 atom stereocenters. The summed E-state index contributed by atoms with van der Waals surface area (Å²) in [5, 5.41) is 4.32. The number of rotatable bonds is 4. The number of nitrogens with one attached hydrogen (secondary N) is 1. The van der Waals surface area contributed by atoms with Crippen LogP contribution in [0, 0.1) is 0 Å². The van der Waals surface area contributed by atoms with Crippen LogP contribution in [0.4, 0.5) is 4.79 Å². The lowest BCUT2D eigenvalue weighted by molar-refractivity contribution is 0.0528. The Kier molecular flexibility index (Phi) is 4.33. The summed E-state index contributed by atoms with van der Waals surface area (Å²) < 4.78 is 12.1. The van der Waals surface area contributed by atoms with Crippen LogP contribution in [-0.4, -0.2) is 44.6 Å². The smallest absolute Gasteiger partial charge is 0.426 e. The average Bonchev–Trinajstić information content (AvgIpc) is 3.02. The summed E-state index contributed by atoms with van der Waals surface area (Å²) in [6.45, 7) is 3.77. The van der Waals surface area contributed by atoms with Gasteiger partial charge in [0, 0.05) is 12.4 Å². The number of ether oxygens (including phenoxy) is 2. The molecule has 0 saturated heterocycles. The summed E-state index contributed by atoms with van der Waals surface area (Å²) >= 11 is 0. The van der Waals surface area contributed by atoms with Gasteiger partial charge in [-0.05, 0) is 19.9 Å². The van der Waals surface area contributed by atoms with Crippen LogP contribution in [0.2, 0.25) is 0 Å². The monoisotopic (exact) mass is 345 g/mol. The van der Waals surface area contributed by atoms with Gasteiger partial charge in [-0.3, -0.25) is 4.79 Å². The molecule has 1 amide bonds. The Labute approximate surface area is 140 Å². The molecule has 0 aromatic carbocycles. The quantitative estimate of drug-likeness (QED) is 0.699. The molecule has 0 saturated carbocycles. The number of hydrogen-bond acceptors (Lipinski definition) is 7. The van der Waals surface area contributed by atoms with Gasteiger partial charge in [0.05, 0.1) is 30.3 Å². The van der Waals surface area contributed by atoms with Crippen molar-refractivity contribution in [3.05, 3.63) is 40.6 Å². The first-order valence-electron chi connectivity index (χ1n) is 7.55. The number of carbonyl (C=O) groups is 2. The van der Waals surface area contributed by atoms with Crippen molar-refractivity contribution in [2.75, 3.05) is 18.6 Å². The second-order valence-electron chi connectivity index (χ2n) is 4.89. The van der Waals surface area contributed by atoms with Gasteiger partial charge in [0.15, 0.2) is 5.65 Å². The Morgan fingerprint density at radius 3 is 2.68 bits per heavy atom. The third-order valence-electron chi connectivity index (χ3n) is 3.38. The molecule has 0 bridgehead atoms. The summed E-state index contributed by atoms with van der Waals surface area (Å²) in [7, 11) is 0. The van der Waals surface area contributed by atoms with E-state index in [1.807, 2.05) is 0 Å². The van der Waals surface area contributed by atoms with E-state index in [1.54, 1.807) is 19.9 Å². The number of carbonyl (C=O) groups excluding carboxylic acids is 2. The molecule has 0 fully saturated rings. The third kappa shape index (κ3) is 2.89. The fourth-order valence-electron chi connectivity index (χ4n) is 2.32. The van der Waals surface area contributed by atoms with Crippen molar-refractivity contribution < 1.29 is 19.1 Å². The lowest BCUT2D eigenvalue weighted by Crippen LogP contribution is -2.33. The van der Waals surface area contributed by atoms with Crippen LogP contribution in [0.5, 0.6) is 0 Å². The molecule has 0 aliphatic rings. The van der Waals surface area contributed by atoms with E-state index in [-0.39, 0.29) is 29.8 Å².